The molecule has 0 radical (unpaired) electrons. The molecule has 5 heteroatoms. The molecule has 0 aliphatic carbocycles. The Morgan fingerprint density at radius 2 is 2.25 bits per heavy atom. The van der Waals surface area contributed by atoms with Crippen LogP contribution in [-0.2, 0) is 4.74 Å². The minimum atomic E-state index is -0.402. The molecule has 2 rings (SSSR count). The number of ether oxygens (including phenoxy) is 2. The number of morpholine rings is 1. The van der Waals surface area contributed by atoms with Gasteiger partial charge in [0.05, 0.1) is 37.2 Å². The maximum atomic E-state index is 13.9. The van der Waals surface area contributed by atoms with Gasteiger partial charge in [-0.25, -0.2) is 4.39 Å². The Kier molecular flexibility index (Phi) is 5.06. The molecule has 0 aromatic heterocycles. The van der Waals surface area contributed by atoms with Crippen molar-refractivity contribution in [3.8, 4) is 5.75 Å². The van der Waals surface area contributed by atoms with E-state index in [0.29, 0.717) is 25.5 Å². The van der Waals surface area contributed by atoms with Gasteiger partial charge in [0, 0.05) is 18.7 Å². The van der Waals surface area contributed by atoms with Crippen molar-refractivity contribution in [1.82, 2.24) is 0 Å². The van der Waals surface area contributed by atoms with E-state index in [-0.39, 0.29) is 11.8 Å². The molecule has 1 fully saturated rings. The molecule has 1 aliphatic rings. The highest BCUT2D eigenvalue weighted by atomic mass is 19.1. The molecular formula is C15H23FN2O2. The fourth-order valence-electron chi connectivity index (χ4n) is 2.44. The zero-order valence-electron chi connectivity index (χ0n) is 12.2. The third-order valence-electron chi connectivity index (χ3n) is 3.55. The van der Waals surface area contributed by atoms with Gasteiger partial charge in [0.1, 0.15) is 0 Å². The normalized spacial score (nSPS) is 19.1. The number of nitrogen functional groups attached to an aromatic ring is 1. The van der Waals surface area contributed by atoms with Crippen molar-refractivity contribution < 1.29 is 13.9 Å². The number of benzene rings is 1. The lowest BCUT2D eigenvalue weighted by Crippen LogP contribution is -2.45. The average molecular weight is 282 g/mol. The lowest BCUT2D eigenvalue weighted by Gasteiger charge is -2.37. The molecule has 1 atom stereocenters. The molecule has 112 valence electrons. The van der Waals surface area contributed by atoms with Gasteiger partial charge in [-0.05, 0) is 12.8 Å². The number of nitrogens with zero attached hydrogens (tertiary/aromatic N) is 1. The Bertz CT molecular complexity index is 454. The third kappa shape index (κ3) is 3.15. The lowest BCUT2D eigenvalue weighted by atomic mass is 10.1. The summed E-state index contributed by atoms with van der Waals surface area (Å²) in [5.74, 6) is -0.126. The van der Waals surface area contributed by atoms with Crippen molar-refractivity contribution >= 4 is 11.4 Å². The molecule has 0 spiro atoms. The van der Waals surface area contributed by atoms with Gasteiger partial charge in [-0.15, -0.1) is 0 Å². The monoisotopic (exact) mass is 282 g/mol. The predicted octanol–water partition coefficient (Wildman–Crippen LogP) is 2.81. The van der Waals surface area contributed by atoms with Crippen LogP contribution < -0.4 is 15.4 Å². The van der Waals surface area contributed by atoms with Crippen molar-refractivity contribution in [3.63, 3.8) is 0 Å². The Hall–Kier alpha value is -1.49. The summed E-state index contributed by atoms with van der Waals surface area (Å²) in [6, 6.07) is 3.34. The second-order valence-corrected chi connectivity index (χ2v) is 5.02. The van der Waals surface area contributed by atoms with Gasteiger partial charge in [-0.2, -0.15) is 0 Å². The molecule has 1 aromatic carbocycles. The van der Waals surface area contributed by atoms with E-state index in [2.05, 4.69) is 11.8 Å². The van der Waals surface area contributed by atoms with Crippen molar-refractivity contribution in [2.75, 3.05) is 37.0 Å². The van der Waals surface area contributed by atoms with Crippen LogP contribution in [0.3, 0.4) is 0 Å². The summed E-state index contributed by atoms with van der Waals surface area (Å²) in [5.41, 5.74) is 7.28. The quantitative estimate of drug-likeness (QED) is 0.844. The standard InChI is InChI=1S/C15H23FN2O2/c1-3-6-20-15-9-14(13(17)8-12(15)16)18-5-7-19-10-11(18)4-2/h8-9,11H,3-7,10,17H2,1-2H3. The van der Waals surface area contributed by atoms with E-state index in [1.807, 2.05) is 6.92 Å². The van der Waals surface area contributed by atoms with Crippen LogP contribution in [0.15, 0.2) is 12.1 Å². The highest BCUT2D eigenvalue weighted by Crippen LogP contribution is 2.33. The Labute approximate surface area is 119 Å². The molecule has 1 saturated heterocycles. The minimum Gasteiger partial charge on any atom is -0.490 e. The number of rotatable bonds is 5. The SMILES string of the molecule is CCCOc1cc(N2CCOCC2CC)c(N)cc1F. The summed E-state index contributed by atoms with van der Waals surface area (Å²) in [7, 11) is 0. The van der Waals surface area contributed by atoms with Crippen LogP contribution in [0.5, 0.6) is 5.75 Å². The van der Waals surface area contributed by atoms with Crippen molar-refractivity contribution in [1.29, 1.82) is 0 Å². The van der Waals surface area contributed by atoms with Gasteiger partial charge in [0.15, 0.2) is 11.6 Å². The fraction of sp³-hybridized carbons (Fsp3) is 0.600. The molecule has 0 amide bonds. The van der Waals surface area contributed by atoms with Gasteiger partial charge in [0.2, 0.25) is 0 Å². The molecule has 4 nitrogen and oxygen atoms in total. The van der Waals surface area contributed by atoms with E-state index in [0.717, 1.165) is 25.1 Å². The summed E-state index contributed by atoms with van der Waals surface area (Å²) in [6.07, 6.45) is 1.80. The highest BCUT2D eigenvalue weighted by molar-refractivity contribution is 5.70. The molecule has 1 unspecified atom stereocenters. The van der Waals surface area contributed by atoms with E-state index < -0.39 is 5.82 Å². The average Bonchev–Trinajstić information content (AvgIpc) is 2.46. The minimum absolute atomic E-state index is 0.274. The van der Waals surface area contributed by atoms with Gasteiger partial charge in [-0.3, -0.25) is 0 Å². The van der Waals surface area contributed by atoms with Crippen LogP contribution in [0.2, 0.25) is 0 Å². The second-order valence-electron chi connectivity index (χ2n) is 5.02. The van der Waals surface area contributed by atoms with Crippen LogP contribution >= 0.6 is 0 Å². The first kappa shape index (κ1) is 14.9. The van der Waals surface area contributed by atoms with Crippen LogP contribution in [0.4, 0.5) is 15.8 Å². The van der Waals surface area contributed by atoms with E-state index >= 15 is 0 Å². The Balaban J connectivity index is 2.29. The number of halogens is 1. The molecule has 2 N–H and O–H groups in total. The van der Waals surface area contributed by atoms with Crippen molar-refractivity contribution in [2.24, 2.45) is 0 Å². The van der Waals surface area contributed by atoms with Gasteiger partial charge in [-0.1, -0.05) is 13.8 Å². The van der Waals surface area contributed by atoms with Crippen molar-refractivity contribution in [2.45, 2.75) is 32.7 Å². The topological polar surface area (TPSA) is 47.7 Å². The summed E-state index contributed by atoms with van der Waals surface area (Å²) < 4.78 is 24.8. The van der Waals surface area contributed by atoms with E-state index in [9.17, 15) is 4.39 Å². The van der Waals surface area contributed by atoms with Gasteiger partial charge >= 0.3 is 0 Å². The second kappa shape index (κ2) is 6.79. The maximum absolute atomic E-state index is 13.9. The van der Waals surface area contributed by atoms with E-state index in [1.165, 1.54) is 6.07 Å². The maximum Gasteiger partial charge on any atom is 0.167 e. The molecule has 1 heterocycles. The van der Waals surface area contributed by atoms with Gasteiger partial charge < -0.3 is 20.1 Å². The van der Waals surface area contributed by atoms with Crippen LogP contribution in [0, 0.1) is 5.82 Å². The van der Waals surface area contributed by atoms with Crippen molar-refractivity contribution in [3.05, 3.63) is 17.9 Å². The Morgan fingerprint density at radius 3 is 2.95 bits per heavy atom. The summed E-state index contributed by atoms with van der Waals surface area (Å²) in [4.78, 5) is 2.19. The summed E-state index contributed by atoms with van der Waals surface area (Å²) >= 11 is 0. The lowest BCUT2D eigenvalue weighted by molar-refractivity contribution is 0.0930. The van der Waals surface area contributed by atoms with E-state index in [1.54, 1.807) is 6.07 Å². The molecule has 0 saturated carbocycles. The molecule has 20 heavy (non-hydrogen) atoms. The van der Waals surface area contributed by atoms with Gasteiger partial charge in [0.25, 0.3) is 0 Å². The zero-order valence-corrected chi connectivity index (χ0v) is 12.2. The highest BCUT2D eigenvalue weighted by Gasteiger charge is 2.24. The largest absolute Gasteiger partial charge is 0.490 e. The summed E-state index contributed by atoms with van der Waals surface area (Å²) in [6.45, 7) is 6.71. The number of nitrogens with two attached hydrogens (primary N) is 1. The molecule has 0 bridgehead atoms. The van der Waals surface area contributed by atoms with Crippen LogP contribution in [0.25, 0.3) is 0 Å². The number of hydrogen-bond donors (Lipinski definition) is 1. The number of hydrogen-bond acceptors (Lipinski definition) is 4. The smallest absolute Gasteiger partial charge is 0.167 e. The van der Waals surface area contributed by atoms with E-state index in [4.69, 9.17) is 15.2 Å². The number of anilines is 2. The fourth-order valence-corrected chi connectivity index (χ4v) is 2.44. The Morgan fingerprint density at radius 1 is 1.45 bits per heavy atom. The zero-order chi connectivity index (χ0) is 14.5. The third-order valence-corrected chi connectivity index (χ3v) is 3.55. The molecule has 1 aromatic rings. The predicted molar refractivity (Wildman–Crippen MR) is 78.8 cm³/mol. The first-order valence-electron chi connectivity index (χ1n) is 7.23. The first-order chi connectivity index (χ1) is 9.67. The molecule has 1 aliphatic heterocycles. The molecular weight excluding hydrogens is 259 g/mol. The first-order valence-corrected chi connectivity index (χ1v) is 7.23. The summed E-state index contributed by atoms with van der Waals surface area (Å²) in [5, 5.41) is 0. The van der Waals surface area contributed by atoms with Crippen LogP contribution in [-0.4, -0.2) is 32.4 Å². The van der Waals surface area contributed by atoms with Crippen LogP contribution in [0.1, 0.15) is 26.7 Å².